The van der Waals surface area contributed by atoms with Crippen LogP contribution in [0.5, 0.6) is 0 Å². The lowest BCUT2D eigenvalue weighted by molar-refractivity contribution is -0.136. The number of amides is 1. The minimum absolute atomic E-state index is 0.0287. The summed E-state index contributed by atoms with van der Waals surface area (Å²) in [4.78, 5) is 26.8. The molecule has 0 saturated carbocycles. The maximum Gasteiger partial charge on any atom is 0.336 e. The van der Waals surface area contributed by atoms with Crippen LogP contribution in [0.4, 0.5) is 5.69 Å². The van der Waals surface area contributed by atoms with Gasteiger partial charge in [-0.15, -0.1) is 0 Å². The Morgan fingerprint density at radius 3 is 2.58 bits per heavy atom. The Bertz CT molecular complexity index is 860. The molecule has 1 unspecified atom stereocenters. The molecule has 0 saturated heterocycles. The summed E-state index contributed by atoms with van der Waals surface area (Å²) in [6, 6.07) is 17.1. The zero-order valence-electron chi connectivity index (χ0n) is 12.7. The number of anilines is 1. The summed E-state index contributed by atoms with van der Waals surface area (Å²) < 4.78 is 6.14. The van der Waals surface area contributed by atoms with Gasteiger partial charge < -0.3 is 4.74 Å². The van der Waals surface area contributed by atoms with E-state index in [-0.39, 0.29) is 30.8 Å². The second-order valence-electron chi connectivity index (χ2n) is 5.81. The lowest BCUT2D eigenvalue weighted by atomic mass is 9.84. The van der Waals surface area contributed by atoms with Crippen LogP contribution in [-0.2, 0) is 14.3 Å². The highest BCUT2D eigenvalue weighted by Gasteiger charge is 2.42. The van der Waals surface area contributed by atoms with Crippen molar-refractivity contribution in [2.45, 2.75) is 12.3 Å². The molecule has 2 aromatic carbocycles. The molecular formula is C19H14BrNO3. The molecule has 2 aliphatic heterocycles. The van der Waals surface area contributed by atoms with Gasteiger partial charge in [-0.3, -0.25) is 9.69 Å². The molecule has 2 heterocycles. The number of hydrogen-bond donors (Lipinski definition) is 0. The van der Waals surface area contributed by atoms with E-state index in [0.717, 1.165) is 15.7 Å². The first kappa shape index (κ1) is 15.1. The van der Waals surface area contributed by atoms with E-state index in [1.165, 1.54) is 0 Å². The van der Waals surface area contributed by atoms with E-state index in [1.807, 2.05) is 54.6 Å². The number of hydrogen-bond acceptors (Lipinski definition) is 3. The smallest absolute Gasteiger partial charge is 0.336 e. The first-order valence-electron chi connectivity index (χ1n) is 7.69. The molecule has 0 aromatic heterocycles. The molecule has 5 heteroatoms. The molecular weight excluding hydrogens is 370 g/mol. The molecule has 120 valence electrons. The number of nitrogens with zero attached hydrogens (tertiary/aromatic N) is 1. The van der Waals surface area contributed by atoms with Gasteiger partial charge >= 0.3 is 5.97 Å². The third-order valence-electron chi connectivity index (χ3n) is 4.39. The number of esters is 1. The van der Waals surface area contributed by atoms with E-state index in [1.54, 1.807) is 4.90 Å². The van der Waals surface area contributed by atoms with Crippen molar-refractivity contribution in [1.29, 1.82) is 0 Å². The van der Waals surface area contributed by atoms with E-state index < -0.39 is 0 Å². The normalized spacial score (nSPS) is 20.2. The zero-order chi connectivity index (χ0) is 16.7. The molecule has 24 heavy (non-hydrogen) atoms. The van der Waals surface area contributed by atoms with E-state index in [2.05, 4.69) is 15.9 Å². The number of carbonyl (C=O) groups excluding carboxylic acids is 2. The summed E-state index contributed by atoms with van der Waals surface area (Å²) >= 11 is 3.43. The Balaban J connectivity index is 1.84. The van der Waals surface area contributed by atoms with Gasteiger partial charge in [0, 0.05) is 22.5 Å². The van der Waals surface area contributed by atoms with Gasteiger partial charge in [-0.1, -0.05) is 52.3 Å². The van der Waals surface area contributed by atoms with E-state index in [0.29, 0.717) is 11.3 Å². The van der Waals surface area contributed by atoms with Gasteiger partial charge in [0.15, 0.2) is 0 Å². The molecule has 0 radical (unpaired) electrons. The van der Waals surface area contributed by atoms with Gasteiger partial charge in [0.2, 0.25) is 5.91 Å². The van der Waals surface area contributed by atoms with Gasteiger partial charge in [-0.05, 0) is 23.8 Å². The average molecular weight is 384 g/mol. The van der Waals surface area contributed by atoms with Crippen LogP contribution in [0.2, 0.25) is 0 Å². The van der Waals surface area contributed by atoms with Gasteiger partial charge in [-0.2, -0.15) is 0 Å². The number of ether oxygens (including phenoxy) is 1. The predicted molar refractivity (Wildman–Crippen MR) is 93.4 cm³/mol. The summed E-state index contributed by atoms with van der Waals surface area (Å²) in [5.41, 5.74) is 2.96. The van der Waals surface area contributed by atoms with Crippen molar-refractivity contribution in [2.75, 3.05) is 11.5 Å². The minimum Gasteiger partial charge on any atom is -0.456 e. The van der Waals surface area contributed by atoms with Crippen LogP contribution in [-0.4, -0.2) is 18.5 Å². The fourth-order valence-corrected chi connectivity index (χ4v) is 3.73. The van der Waals surface area contributed by atoms with Crippen LogP contribution in [0, 0.1) is 0 Å². The van der Waals surface area contributed by atoms with E-state index >= 15 is 0 Å². The number of carbonyl (C=O) groups is 2. The molecule has 1 amide bonds. The molecule has 0 aliphatic carbocycles. The largest absolute Gasteiger partial charge is 0.456 e. The van der Waals surface area contributed by atoms with Gasteiger partial charge in [0.05, 0.1) is 11.3 Å². The van der Waals surface area contributed by atoms with E-state index in [4.69, 9.17) is 4.74 Å². The van der Waals surface area contributed by atoms with Crippen LogP contribution in [0.1, 0.15) is 17.9 Å². The van der Waals surface area contributed by atoms with Crippen molar-refractivity contribution in [3.63, 3.8) is 0 Å². The highest BCUT2D eigenvalue weighted by atomic mass is 79.9. The third kappa shape index (κ3) is 2.45. The maximum atomic E-state index is 12.8. The van der Waals surface area contributed by atoms with Crippen molar-refractivity contribution >= 4 is 33.5 Å². The van der Waals surface area contributed by atoms with Crippen molar-refractivity contribution < 1.29 is 14.3 Å². The lowest BCUT2D eigenvalue weighted by Gasteiger charge is -2.32. The summed E-state index contributed by atoms with van der Waals surface area (Å²) in [5.74, 6) is -0.600. The SMILES string of the molecule is O=C1OCC2=C1C(c1ccccc1)CC(=O)N2c1cccc(Br)c1. The average Bonchev–Trinajstić information content (AvgIpc) is 2.96. The highest BCUT2D eigenvalue weighted by Crippen LogP contribution is 2.41. The van der Waals surface area contributed by atoms with Crippen LogP contribution in [0.25, 0.3) is 0 Å². The molecule has 1 atom stereocenters. The fourth-order valence-electron chi connectivity index (χ4n) is 3.34. The molecule has 0 spiro atoms. The molecule has 0 fully saturated rings. The van der Waals surface area contributed by atoms with Crippen LogP contribution >= 0.6 is 15.9 Å². The Hall–Kier alpha value is -2.40. The molecule has 2 aromatic rings. The maximum absolute atomic E-state index is 12.8. The van der Waals surface area contributed by atoms with Gasteiger partial charge in [-0.25, -0.2) is 4.79 Å². The Labute approximate surface area is 147 Å². The minimum atomic E-state index is -0.327. The fraction of sp³-hybridized carbons (Fsp3) is 0.158. The summed E-state index contributed by atoms with van der Waals surface area (Å²) in [5, 5.41) is 0. The lowest BCUT2D eigenvalue weighted by Crippen LogP contribution is -2.37. The first-order chi connectivity index (χ1) is 11.6. The van der Waals surface area contributed by atoms with Crippen molar-refractivity contribution in [3.05, 3.63) is 75.9 Å². The summed E-state index contributed by atoms with van der Waals surface area (Å²) in [6.45, 7) is 0.135. The zero-order valence-corrected chi connectivity index (χ0v) is 14.3. The highest BCUT2D eigenvalue weighted by molar-refractivity contribution is 9.10. The van der Waals surface area contributed by atoms with E-state index in [9.17, 15) is 9.59 Å². The molecule has 4 nitrogen and oxygen atoms in total. The molecule has 0 N–H and O–H groups in total. The first-order valence-corrected chi connectivity index (χ1v) is 8.48. The number of cyclic esters (lactones) is 1. The molecule has 4 rings (SSSR count). The molecule has 0 bridgehead atoms. The van der Waals surface area contributed by atoms with Crippen LogP contribution < -0.4 is 4.90 Å². The van der Waals surface area contributed by atoms with Gasteiger partial charge in [0.25, 0.3) is 0 Å². The topological polar surface area (TPSA) is 46.6 Å². The summed E-state index contributed by atoms with van der Waals surface area (Å²) in [7, 11) is 0. The monoisotopic (exact) mass is 383 g/mol. The Kier molecular flexibility index (Phi) is 3.73. The predicted octanol–water partition coefficient (Wildman–Crippen LogP) is 3.78. The second-order valence-corrected chi connectivity index (χ2v) is 6.73. The van der Waals surface area contributed by atoms with Crippen LogP contribution in [0.15, 0.2) is 70.3 Å². The standard InChI is InChI=1S/C19H14BrNO3/c20-13-7-4-8-14(9-13)21-16-11-24-19(23)18(16)15(10-17(21)22)12-5-2-1-3-6-12/h1-9,15H,10-11H2. The number of halogens is 1. The van der Waals surface area contributed by atoms with Crippen molar-refractivity contribution in [2.24, 2.45) is 0 Å². The van der Waals surface area contributed by atoms with Gasteiger partial charge in [0.1, 0.15) is 6.61 Å². The summed E-state index contributed by atoms with van der Waals surface area (Å²) in [6.07, 6.45) is 0.254. The van der Waals surface area contributed by atoms with Crippen LogP contribution in [0.3, 0.4) is 0 Å². The Morgan fingerprint density at radius 1 is 1.04 bits per heavy atom. The quantitative estimate of drug-likeness (QED) is 0.741. The molecule has 2 aliphatic rings. The Morgan fingerprint density at radius 2 is 1.83 bits per heavy atom. The number of benzene rings is 2. The third-order valence-corrected chi connectivity index (χ3v) is 4.88. The van der Waals surface area contributed by atoms with Crippen molar-refractivity contribution in [1.82, 2.24) is 0 Å². The second kappa shape index (κ2) is 5.91. The number of rotatable bonds is 2. The van der Waals surface area contributed by atoms with Crippen molar-refractivity contribution in [3.8, 4) is 0 Å².